The predicted octanol–water partition coefficient (Wildman–Crippen LogP) is 5.22. The Bertz CT molecular complexity index is 968. The summed E-state index contributed by atoms with van der Waals surface area (Å²) in [7, 11) is 0. The molecule has 0 bridgehead atoms. The molecule has 2 heterocycles. The molecule has 6 heteroatoms. The van der Waals surface area contributed by atoms with E-state index in [0.29, 0.717) is 16.3 Å². The van der Waals surface area contributed by atoms with Crippen molar-refractivity contribution >= 4 is 39.6 Å². The van der Waals surface area contributed by atoms with Gasteiger partial charge in [0.25, 0.3) is 0 Å². The molecule has 0 spiro atoms. The van der Waals surface area contributed by atoms with E-state index in [4.69, 9.17) is 11.6 Å². The number of para-hydroxylation sites is 1. The van der Waals surface area contributed by atoms with E-state index in [1.165, 1.54) is 0 Å². The summed E-state index contributed by atoms with van der Waals surface area (Å²) < 4.78 is 16.5. The van der Waals surface area contributed by atoms with Crippen molar-refractivity contribution in [1.82, 2.24) is 9.97 Å². The van der Waals surface area contributed by atoms with Gasteiger partial charge in [-0.05, 0) is 45.9 Å². The van der Waals surface area contributed by atoms with Crippen LogP contribution < -0.4 is 0 Å². The van der Waals surface area contributed by atoms with Crippen LogP contribution in [0.1, 0.15) is 33.3 Å². The fourth-order valence-corrected chi connectivity index (χ4v) is 3.40. The maximum Gasteiger partial charge on any atom is 0.144 e. The molecule has 0 fully saturated rings. The van der Waals surface area contributed by atoms with Crippen molar-refractivity contribution in [3.63, 3.8) is 0 Å². The maximum atomic E-state index is 12.5. The van der Waals surface area contributed by atoms with Gasteiger partial charge in [-0.3, -0.25) is 9.97 Å². The molecule has 0 N–H and O–H groups in total. The second kappa shape index (κ2) is 7.35. The molecule has 26 heavy (non-hydrogen) atoms. The van der Waals surface area contributed by atoms with Crippen molar-refractivity contribution < 1.29 is 4.55 Å². The number of aromatic nitrogens is 2. The molecule has 1 unspecified atom stereocenters. The van der Waals surface area contributed by atoms with Crippen LogP contribution in [0.25, 0.3) is 22.2 Å². The van der Waals surface area contributed by atoms with E-state index in [2.05, 4.69) is 14.4 Å². The van der Waals surface area contributed by atoms with Crippen molar-refractivity contribution in [3.05, 3.63) is 59.4 Å². The first kappa shape index (κ1) is 18.8. The zero-order valence-corrected chi connectivity index (χ0v) is 16.7. The number of rotatable bonds is 3. The summed E-state index contributed by atoms with van der Waals surface area (Å²) >= 11 is 4.97. The second-order valence-corrected chi connectivity index (χ2v) is 9.25. The van der Waals surface area contributed by atoms with Crippen molar-refractivity contribution in [2.24, 2.45) is 4.40 Å². The van der Waals surface area contributed by atoms with Crippen LogP contribution in [-0.2, 0) is 11.4 Å². The number of fused-ring (bicyclic) bond motifs is 1. The van der Waals surface area contributed by atoms with Crippen LogP contribution in [0.15, 0.2) is 53.2 Å². The van der Waals surface area contributed by atoms with Gasteiger partial charge in [-0.1, -0.05) is 34.2 Å². The molecule has 3 rings (SSSR count). The molecule has 4 nitrogen and oxygen atoms in total. The molecule has 0 saturated heterocycles. The van der Waals surface area contributed by atoms with Gasteiger partial charge in [-0.2, -0.15) is 0 Å². The lowest BCUT2D eigenvalue weighted by atomic mass is 9.98. The third-order valence-corrected chi connectivity index (χ3v) is 5.70. The minimum Gasteiger partial charge on any atom is -0.591 e. The lowest BCUT2D eigenvalue weighted by Gasteiger charge is -2.19. The van der Waals surface area contributed by atoms with E-state index in [-0.39, 0.29) is 0 Å². The van der Waals surface area contributed by atoms with Crippen molar-refractivity contribution in [1.29, 1.82) is 0 Å². The van der Waals surface area contributed by atoms with Gasteiger partial charge in [0.15, 0.2) is 0 Å². The van der Waals surface area contributed by atoms with Crippen LogP contribution in [0.5, 0.6) is 0 Å². The highest BCUT2D eigenvalue weighted by molar-refractivity contribution is 7.91. The summed E-state index contributed by atoms with van der Waals surface area (Å²) in [6.07, 6.45) is 3.48. The van der Waals surface area contributed by atoms with E-state index >= 15 is 0 Å². The van der Waals surface area contributed by atoms with Gasteiger partial charge < -0.3 is 4.55 Å². The number of benzene rings is 1. The Morgan fingerprint density at radius 3 is 2.54 bits per heavy atom. The van der Waals surface area contributed by atoms with E-state index in [1.54, 1.807) is 12.4 Å². The van der Waals surface area contributed by atoms with Gasteiger partial charge in [0.1, 0.15) is 16.1 Å². The minimum atomic E-state index is -1.36. The Kier molecular flexibility index (Phi) is 5.32. The van der Waals surface area contributed by atoms with Gasteiger partial charge in [-0.25, -0.2) is 0 Å². The molecule has 0 radical (unpaired) electrons. The summed E-state index contributed by atoms with van der Waals surface area (Å²) in [6, 6.07) is 11.4. The highest BCUT2D eigenvalue weighted by Crippen LogP contribution is 2.33. The first-order valence-corrected chi connectivity index (χ1v) is 9.74. The van der Waals surface area contributed by atoms with E-state index in [9.17, 15) is 4.55 Å². The zero-order valence-electron chi connectivity index (χ0n) is 15.2. The predicted molar refractivity (Wildman–Crippen MR) is 110 cm³/mol. The molecular weight excluding hydrogens is 366 g/mol. The Balaban J connectivity index is 2.28. The van der Waals surface area contributed by atoms with E-state index in [0.717, 1.165) is 22.2 Å². The number of hydrogen-bond acceptors (Lipinski definition) is 4. The molecular formula is C20H20ClN3OS. The fourth-order valence-electron chi connectivity index (χ4n) is 2.56. The SMILES string of the molecule is C/C(=N/[S+]([O-])C(C)(C)C)c1cnc2c(Cl)cccc2c1-c1ccccn1. The Morgan fingerprint density at radius 2 is 1.88 bits per heavy atom. The molecule has 1 atom stereocenters. The smallest absolute Gasteiger partial charge is 0.144 e. The lowest BCUT2D eigenvalue weighted by Crippen LogP contribution is -2.26. The van der Waals surface area contributed by atoms with E-state index < -0.39 is 16.1 Å². The number of halogens is 1. The van der Waals surface area contributed by atoms with Crippen molar-refractivity contribution in [2.75, 3.05) is 0 Å². The summed E-state index contributed by atoms with van der Waals surface area (Å²) in [6.45, 7) is 7.55. The highest BCUT2D eigenvalue weighted by atomic mass is 35.5. The molecule has 0 aliphatic rings. The summed E-state index contributed by atoms with van der Waals surface area (Å²) in [5, 5.41) is 1.48. The summed E-state index contributed by atoms with van der Waals surface area (Å²) in [5.74, 6) is 0. The normalized spacial score (nSPS) is 13.8. The van der Waals surface area contributed by atoms with Crippen LogP contribution in [0.2, 0.25) is 5.02 Å². The van der Waals surface area contributed by atoms with E-state index in [1.807, 2.05) is 64.1 Å². The topological polar surface area (TPSA) is 61.2 Å². The number of hydrogen-bond donors (Lipinski definition) is 0. The van der Waals surface area contributed by atoms with Gasteiger partial charge in [0, 0.05) is 28.9 Å². The van der Waals surface area contributed by atoms with Gasteiger partial charge in [0.05, 0.1) is 21.9 Å². The van der Waals surface area contributed by atoms with Gasteiger partial charge >= 0.3 is 0 Å². The van der Waals surface area contributed by atoms with Crippen LogP contribution in [-0.4, -0.2) is 25.0 Å². The molecule has 0 amide bonds. The number of nitrogens with zero attached hydrogens (tertiary/aromatic N) is 3. The standard InChI is InChI=1S/C20H20ClN3OS/c1-13(24-26(25)20(2,3)4)15-12-23-19-14(8-7-9-16(19)21)18(15)17-10-5-6-11-22-17/h5-12H,1-4H3/b24-13-. The molecule has 0 aliphatic carbocycles. The summed E-state index contributed by atoms with van der Waals surface area (Å²) in [5.41, 5.74) is 3.87. The fraction of sp³-hybridized carbons (Fsp3) is 0.250. The van der Waals surface area contributed by atoms with Gasteiger partial charge in [-0.15, -0.1) is 0 Å². The Hall–Kier alpha value is -1.95. The molecule has 134 valence electrons. The van der Waals surface area contributed by atoms with Crippen LogP contribution in [0.4, 0.5) is 0 Å². The minimum absolute atomic E-state index is 0.431. The van der Waals surface area contributed by atoms with Crippen LogP contribution in [0.3, 0.4) is 0 Å². The van der Waals surface area contributed by atoms with Crippen molar-refractivity contribution in [2.45, 2.75) is 32.4 Å². The highest BCUT2D eigenvalue weighted by Gasteiger charge is 2.27. The molecule has 0 aliphatic heterocycles. The largest absolute Gasteiger partial charge is 0.591 e. The second-order valence-electron chi connectivity index (χ2n) is 6.94. The zero-order chi connectivity index (χ0) is 18.9. The van der Waals surface area contributed by atoms with Crippen LogP contribution >= 0.6 is 11.6 Å². The quantitative estimate of drug-likeness (QED) is 0.458. The third-order valence-electron chi connectivity index (χ3n) is 3.90. The molecule has 3 aromatic rings. The average molecular weight is 386 g/mol. The van der Waals surface area contributed by atoms with Gasteiger partial charge in [0.2, 0.25) is 0 Å². The summed E-state index contributed by atoms with van der Waals surface area (Å²) in [4.78, 5) is 9.02. The molecule has 2 aromatic heterocycles. The van der Waals surface area contributed by atoms with Crippen molar-refractivity contribution in [3.8, 4) is 11.3 Å². The molecule has 1 aromatic carbocycles. The Morgan fingerprint density at radius 1 is 1.12 bits per heavy atom. The maximum absolute atomic E-state index is 12.5. The lowest BCUT2D eigenvalue weighted by molar-refractivity contribution is 0.561. The number of pyridine rings is 2. The molecule has 0 saturated carbocycles. The van der Waals surface area contributed by atoms with Crippen LogP contribution in [0, 0.1) is 0 Å². The Labute approximate surface area is 161 Å². The first-order valence-electron chi connectivity index (χ1n) is 8.25. The average Bonchev–Trinajstić information content (AvgIpc) is 2.61. The monoisotopic (exact) mass is 385 g/mol. The third kappa shape index (κ3) is 3.75. The first-order chi connectivity index (χ1) is 12.3.